The molecule has 1 saturated heterocycles. The molecule has 2 fully saturated rings. The first kappa shape index (κ1) is 28.4. The summed E-state index contributed by atoms with van der Waals surface area (Å²) in [6, 6.07) is 12.1. The molecule has 1 amide bonds. The molecule has 13 heteroatoms. The standard InChI is InChI=1S/C32H27FN10OS/c1-4-24-29(41(3)31-39-27(25(13-34)45-31)19-5-8-23(33)9-6-19)43-18-20(7-10-26(43)38-24)21-14-36-30(37-15-21)42-16-22(17-42)28(44)40-32(35-2)11-12-32/h5-10,14-15,18,22H,4,11-12,16-17H2,1,3H3,(H,40,44). The van der Waals surface area contributed by atoms with Gasteiger partial charge in [-0.15, -0.1) is 0 Å². The number of anilines is 3. The highest BCUT2D eigenvalue weighted by Crippen LogP contribution is 2.38. The quantitative estimate of drug-likeness (QED) is 0.235. The lowest BCUT2D eigenvalue weighted by Crippen LogP contribution is -2.55. The van der Waals surface area contributed by atoms with Crippen molar-refractivity contribution in [3.63, 3.8) is 0 Å². The molecule has 0 spiro atoms. The summed E-state index contributed by atoms with van der Waals surface area (Å²) in [5, 5.41) is 13.3. The molecule has 1 aromatic carbocycles. The number of rotatable bonds is 8. The second kappa shape index (κ2) is 10.9. The number of pyridine rings is 1. The van der Waals surface area contributed by atoms with Crippen molar-refractivity contribution in [1.29, 1.82) is 5.26 Å². The van der Waals surface area contributed by atoms with E-state index in [1.807, 2.05) is 46.5 Å². The maximum Gasteiger partial charge on any atom is 0.308 e. The third-order valence-corrected chi connectivity index (χ3v) is 9.27. The zero-order valence-electron chi connectivity index (χ0n) is 24.5. The van der Waals surface area contributed by atoms with E-state index in [4.69, 9.17) is 16.5 Å². The average molecular weight is 619 g/mol. The number of nitrogens with one attached hydrogen (secondary N) is 1. The Hall–Kier alpha value is -5.40. The Morgan fingerprint density at radius 3 is 2.51 bits per heavy atom. The zero-order valence-corrected chi connectivity index (χ0v) is 25.3. The lowest BCUT2D eigenvalue weighted by Gasteiger charge is -2.38. The Balaban J connectivity index is 1.13. The van der Waals surface area contributed by atoms with Crippen LogP contribution < -0.4 is 15.1 Å². The molecule has 45 heavy (non-hydrogen) atoms. The van der Waals surface area contributed by atoms with Crippen molar-refractivity contribution in [3.05, 3.63) is 82.8 Å². The van der Waals surface area contributed by atoms with Crippen molar-refractivity contribution in [1.82, 2.24) is 29.7 Å². The Morgan fingerprint density at radius 1 is 1.16 bits per heavy atom. The second-order valence-corrected chi connectivity index (χ2v) is 12.2. The van der Waals surface area contributed by atoms with Crippen LogP contribution in [-0.4, -0.2) is 56.0 Å². The van der Waals surface area contributed by atoms with Gasteiger partial charge in [-0.1, -0.05) is 18.3 Å². The molecule has 0 unspecified atom stereocenters. The van der Waals surface area contributed by atoms with Crippen LogP contribution in [0, 0.1) is 29.6 Å². The molecule has 1 aliphatic carbocycles. The first-order valence-corrected chi connectivity index (χ1v) is 15.3. The molecule has 5 aromatic rings. The molecule has 2 aliphatic rings. The van der Waals surface area contributed by atoms with Crippen LogP contribution in [0.4, 0.5) is 21.3 Å². The van der Waals surface area contributed by atoms with Gasteiger partial charge in [-0.25, -0.2) is 30.9 Å². The minimum absolute atomic E-state index is 0.0782. The van der Waals surface area contributed by atoms with E-state index >= 15 is 0 Å². The van der Waals surface area contributed by atoms with Crippen LogP contribution in [0.25, 0.3) is 32.9 Å². The number of nitrogens with zero attached hydrogens (tertiary/aromatic N) is 9. The van der Waals surface area contributed by atoms with Gasteiger partial charge < -0.3 is 9.80 Å². The molecule has 0 atom stereocenters. The fourth-order valence-corrected chi connectivity index (χ4v) is 6.27. The number of amides is 1. The summed E-state index contributed by atoms with van der Waals surface area (Å²) in [6.07, 6.45) is 7.65. The lowest BCUT2D eigenvalue weighted by molar-refractivity contribution is -0.126. The number of benzene rings is 1. The Kier molecular flexibility index (Phi) is 6.90. The Labute approximate surface area is 262 Å². The number of halogens is 1. The minimum Gasteiger partial charge on any atom is -0.339 e. The first-order valence-electron chi connectivity index (χ1n) is 14.5. The van der Waals surface area contributed by atoms with Gasteiger partial charge in [-0.3, -0.25) is 19.4 Å². The maximum absolute atomic E-state index is 13.5. The number of aromatic nitrogens is 5. The van der Waals surface area contributed by atoms with Crippen LogP contribution in [0.3, 0.4) is 0 Å². The van der Waals surface area contributed by atoms with E-state index in [1.54, 1.807) is 24.5 Å². The topological polar surface area (TPSA) is 120 Å². The number of hydrogen-bond acceptors (Lipinski definition) is 9. The molecule has 0 radical (unpaired) electrons. The van der Waals surface area contributed by atoms with Gasteiger partial charge in [-0.05, 0) is 42.8 Å². The van der Waals surface area contributed by atoms with Gasteiger partial charge in [0.05, 0.1) is 24.5 Å². The fourth-order valence-electron chi connectivity index (χ4n) is 5.42. The molecule has 5 heterocycles. The lowest BCUT2D eigenvalue weighted by atomic mass is 9.99. The number of aryl methyl sites for hydroxylation is 1. The minimum atomic E-state index is -0.675. The molecular weight excluding hydrogens is 591 g/mol. The summed E-state index contributed by atoms with van der Waals surface area (Å²) >= 11 is 1.27. The van der Waals surface area contributed by atoms with E-state index in [-0.39, 0.29) is 17.6 Å². The normalized spacial score (nSPS) is 15.3. The third-order valence-electron chi connectivity index (χ3n) is 8.24. The SMILES string of the molecule is [C-]#[N+]C1(NC(=O)C2CN(c3ncc(-c4ccc5nc(CC)c(N(C)c6nc(-c7ccc(F)cc7)c(C#N)s6)n5c4)cn3)C2)CC1. The summed E-state index contributed by atoms with van der Waals surface area (Å²) in [6.45, 7) is 10.3. The number of carbonyl (C=O) groups excluding carboxylic acids is 1. The Morgan fingerprint density at radius 2 is 1.87 bits per heavy atom. The predicted molar refractivity (Wildman–Crippen MR) is 168 cm³/mol. The monoisotopic (exact) mass is 618 g/mol. The van der Waals surface area contributed by atoms with Gasteiger partial charge in [0.25, 0.3) is 0 Å². The molecule has 1 N–H and O–H groups in total. The first-order chi connectivity index (χ1) is 21.8. The zero-order chi connectivity index (χ0) is 31.3. The predicted octanol–water partition coefficient (Wildman–Crippen LogP) is 5.22. The summed E-state index contributed by atoms with van der Waals surface area (Å²) in [5.74, 6) is 0.781. The van der Waals surface area contributed by atoms with E-state index in [2.05, 4.69) is 26.2 Å². The third kappa shape index (κ3) is 5.11. The Bertz CT molecular complexity index is 2010. The van der Waals surface area contributed by atoms with Crippen LogP contribution in [0.5, 0.6) is 0 Å². The van der Waals surface area contributed by atoms with Crippen molar-refractivity contribution in [2.75, 3.05) is 29.9 Å². The maximum atomic E-state index is 13.5. The highest BCUT2D eigenvalue weighted by atomic mass is 32.1. The average Bonchev–Trinajstić information content (AvgIpc) is 3.50. The van der Waals surface area contributed by atoms with Crippen molar-refractivity contribution in [2.45, 2.75) is 31.8 Å². The molecule has 0 bridgehead atoms. The van der Waals surface area contributed by atoms with E-state index in [0.717, 1.165) is 41.1 Å². The van der Waals surface area contributed by atoms with Crippen LogP contribution in [0.2, 0.25) is 0 Å². The van der Waals surface area contributed by atoms with Crippen molar-refractivity contribution in [3.8, 4) is 28.5 Å². The number of thiazole rings is 1. The largest absolute Gasteiger partial charge is 0.339 e. The van der Waals surface area contributed by atoms with E-state index < -0.39 is 5.66 Å². The van der Waals surface area contributed by atoms with Gasteiger partial charge >= 0.3 is 5.66 Å². The van der Waals surface area contributed by atoms with Crippen LogP contribution in [0.15, 0.2) is 55.0 Å². The number of imidazole rings is 1. The van der Waals surface area contributed by atoms with Gasteiger partial charge in [0, 0.05) is 55.4 Å². The smallest absolute Gasteiger partial charge is 0.308 e. The van der Waals surface area contributed by atoms with Crippen molar-refractivity contribution in [2.24, 2.45) is 5.92 Å². The van der Waals surface area contributed by atoms with Gasteiger partial charge in [0.1, 0.15) is 33.9 Å². The molecule has 11 nitrogen and oxygen atoms in total. The van der Waals surface area contributed by atoms with Gasteiger partial charge in [0.15, 0.2) is 5.13 Å². The second-order valence-electron chi connectivity index (χ2n) is 11.2. The number of carbonyl (C=O) groups is 1. The van der Waals surface area contributed by atoms with Crippen molar-refractivity contribution < 1.29 is 9.18 Å². The number of hydrogen-bond donors (Lipinski definition) is 1. The molecular formula is C32H27FN10OS. The summed E-state index contributed by atoms with van der Waals surface area (Å²) in [5.41, 5.74) is 3.86. The van der Waals surface area contributed by atoms with Gasteiger partial charge in [-0.2, -0.15) is 5.26 Å². The van der Waals surface area contributed by atoms with E-state index in [1.165, 1.54) is 23.5 Å². The van der Waals surface area contributed by atoms with Crippen LogP contribution in [-0.2, 0) is 11.2 Å². The van der Waals surface area contributed by atoms with Gasteiger partial charge in [0.2, 0.25) is 11.9 Å². The highest BCUT2D eigenvalue weighted by Gasteiger charge is 2.53. The van der Waals surface area contributed by atoms with E-state index in [0.29, 0.717) is 46.7 Å². The van der Waals surface area contributed by atoms with Crippen LogP contribution >= 0.6 is 11.3 Å². The molecule has 4 aromatic heterocycles. The molecule has 1 saturated carbocycles. The fraction of sp³-hybridized carbons (Fsp3) is 0.281. The number of fused-ring (bicyclic) bond motifs is 1. The molecule has 1 aliphatic heterocycles. The van der Waals surface area contributed by atoms with Crippen molar-refractivity contribution >= 4 is 39.8 Å². The number of nitriles is 1. The summed E-state index contributed by atoms with van der Waals surface area (Å²) in [4.78, 5) is 39.1. The van der Waals surface area contributed by atoms with Crippen LogP contribution in [0.1, 0.15) is 30.3 Å². The molecule has 224 valence electrons. The summed E-state index contributed by atoms with van der Waals surface area (Å²) in [7, 11) is 1.90. The summed E-state index contributed by atoms with van der Waals surface area (Å²) < 4.78 is 15.5. The highest BCUT2D eigenvalue weighted by molar-refractivity contribution is 7.16. The molecule has 7 rings (SSSR count). The van der Waals surface area contributed by atoms with E-state index in [9.17, 15) is 14.4 Å².